The van der Waals surface area contributed by atoms with E-state index in [2.05, 4.69) is 34.3 Å². The Morgan fingerprint density at radius 1 is 1.08 bits per heavy atom. The van der Waals surface area contributed by atoms with Crippen LogP contribution >= 0.6 is 11.3 Å². The highest BCUT2D eigenvalue weighted by Gasteiger charge is 2.36. The third-order valence-electron chi connectivity index (χ3n) is 7.02. The Morgan fingerprint density at radius 2 is 1.92 bits per heavy atom. The minimum atomic E-state index is -0.333. The van der Waals surface area contributed by atoms with Crippen molar-refractivity contribution in [2.24, 2.45) is 0 Å². The fourth-order valence-electron chi connectivity index (χ4n) is 5.41. The predicted molar refractivity (Wildman–Crippen MR) is 141 cm³/mol. The van der Waals surface area contributed by atoms with Gasteiger partial charge in [-0.1, -0.05) is 12.1 Å². The first kappa shape index (κ1) is 22.9. The smallest absolute Gasteiger partial charge is 0.322 e. The van der Waals surface area contributed by atoms with Gasteiger partial charge < -0.3 is 19.5 Å². The van der Waals surface area contributed by atoms with Crippen molar-refractivity contribution in [3.63, 3.8) is 0 Å². The zero-order valence-corrected chi connectivity index (χ0v) is 21.0. The fourth-order valence-corrected chi connectivity index (χ4v) is 6.81. The molecule has 6 rings (SSSR count). The molecule has 2 amide bonds. The summed E-state index contributed by atoms with van der Waals surface area (Å²) >= 11 is 1.86. The number of halogens is 1. The summed E-state index contributed by atoms with van der Waals surface area (Å²) in [5.41, 5.74) is 5.24. The Morgan fingerprint density at radius 3 is 2.75 bits per heavy atom. The molecule has 0 radical (unpaired) electrons. The van der Waals surface area contributed by atoms with Crippen molar-refractivity contribution < 1.29 is 13.9 Å². The summed E-state index contributed by atoms with van der Waals surface area (Å²) in [5.74, 6) is 0.448. The summed E-state index contributed by atoms with van der Waals surface area (Å²) in [5, 5.41) is 4.23. The normalized spacial score (nSPS) is 16.5. The Bertz CT molecular complexity index is 1410. The molecule has 0 saturated carbocycles. The monoisotopic (exact) mass is 501 g/mol. The molecule has 1 atom stereocenters. The van der Waals surface area contributed by atoms with Crippen LogP contribution in [0.3, 0.4) is 0 Å². The van der Waals surface area contributed by atoms with Crippen LogP contribution in [0.25, 0.3) is 5.00 Å². The van der Waals surface area contributed by atoms with Crippen molar-refractivity contribution >= 4 is 23.1 Å². The maximum Gasteiger partial charge on any atom is 0.322 e. The lowest BCUT2D eigenvalue weighted by Gasteiger charge is -2.31. The lowest BCUT2D eigenvalue weighted by atomic mass is 9.95. The van der Waals surface area contributed by atoms with Gasteiger partial charge in [0, 0.05) is 22.3 Å². The van der Waals surface area contributed by atoms with Crippen molar-refractivity contribution in [1.29, 1.82) is 0 Å². The number of thiophene rings is 1. The van der Waals surface area contributed by atoms with Gasteiger partial charge in [-0.25, -0.2) is 9.18 Å². The Balaban J connectivity index is 1.48. The van der Waals surface area contributed by atoms with E-state index in [9.17, 15) is 9.18 Å². The standard InChI is InChI=1S/C29H28FN3O2S/c1-2-35-22-8-5-7-19(17-22)27-25-10-6-16-32(25)28-24(23-9-3-4-11-26(23)36-28)18-33(27)29(34)31-21-14-12-20(30)13-15-21/h5-8,10,12-17,27H,2-4,9,11,18H2,1H3,(H,31,34)/t27-/m1/s1. The zero-order valence-electron chi connectivity index (χ0n) is 20.2. The van der Waals surface area contributed by atoms with Gasteiger partial charge in [0.05, 0.1) is 24.9 Å². The molecule has 1 aliphatic carbocycles. The van der Waals surface area contributed by atoms with Crippen LogP contribution in [0.4, 0.5) is 14.9 Å². The van der Waals surface area contributed by atoms with Crippen LogP contribution in [-0.2, 0) is 19.4 Å². The highest BCUT2D eigenvalue weighted by molar-refractivity contribution is 7.15. The van der Waals surface area contributed by atoms with Gasteiger partial charge in [-0.3, -0.25) is 0 Å². The van der Waals surface area contributed by atoms with Gasteiger partial charge in [0.25, 0.3) is 0 Å². The molecule has 1 aliphatic heterocycles. The maximum atomic E-state index is 13.9. The van der Waals surface area contributed by atoms with Crippen LogP contribution in [0.15, 0.2) is 66.9 Å². The first-order valence-corrected chi connectivity index (χ1v) is 13.3. The van der Waals surface area contributed by atoms with Crippen molar-refractivity contribution in [2.45, 2.75) is 45.2 Å². The summed E-state index contributed by atoms with van der Waals surface area (Å²) in [4.78, 5) is 17.3. The molecule has 0 unspecified atom stereocenters. The molecule has 2 aromatic heterocycles. The maximum absolute atomic E-state index is 13.9. The minimum Gasteiger partial charge on any atom is -0.494 e. The number of benzene rings is 2. The van der Waals surface area contributed by atoms with Crippen LogP contribution in [0.2, 0.25) is 0 Å². The van der Waals surface area contributed by atoms with Gasteiger partial charge in [0.1, 0.15) is 16.6 Å². The predicted octanol–water partition coefficient (Wildman–Crippen LogP) is 7.09. The Labute approximate surface area is 214 Å². The number of carbonyl (C=O) groups is 1. The van der Waals surface area contributed by atoms with Gasteiger partial charge in [0.15, 0.2) is 0 Å². The molecule has 7 heteroatoms. The molecule has 4 aromatic rings. The van der Waals surface area contributed by atoms with E-state index in [1.807, 2.05) is 41.4 Å². The first-order chi connectivity index (χ1) is 17.6. The number of anilines is 1. The summed E-state index contributed by atoms with van der Waals surface area (Å²) < 4.78 is 21.6. The number of ether oxygens (including phenoxy) is 1. The molecule has 36 heavy (non-hydrogen) atoms. The summed E-state index contributed by atoms with van der Waals surface area (Å²) in [7, 11) is 0. The Kier molecular flexibility index (Phi) is 6.01. The van der Waals surface area contributed by atoms with E-state index < -0.39 is 0 Å². The largest absolute Gasteiger partial charge is 0.494 e. The SMILES string of the molecule is CCOc1cccc([C@@H]2c3cccn3-c3sc4c(c3CN2C(=O)Nc2ccc(F)cc2)CCCC4)c1. The minimum absolute atomic E-state index is 0.218. The van der Waals surface area contributed by atoms with Crippen LogP contribution in [0, 0.1) is 5.82 Å². The molecule has 0 bridgehead atoms. The number of urea groups is 1. The molecule has 3 heterocycles. The third-order valence-corrected chi connectivity index (χ3v) is 8.35. The van der Waals surface area contributed by atoms with E-state index in [0.717, 1.165) is 29.8 Å². The second-order valence-corrected chi connectivity index (χ2v) is 10.4. The number of aryl methyl sites for hydroxylation is 1. The molecule has 5 nitrogen and oxygen atoms in total. The summed E-state index contributed by atoms with van der Waals surface area (Å²) in [6, 6.07) is 17.5. The Hall–Kier alpha value is -3.58. The number of carbonyl (C=O) groups excluding carboxylic acids is 1. The van der Waals surface area contributed by atoms with Crippen molar-refractivity contribution in [3.05, 3.63) is 99.9 Å². The number of hydrogen-bond donors (Lipinski definition) is 1. The first-order valence-electron chi connectivity index (χ1n) is 12.5. The fraction of sp³-hybridized carbons (Fsp3) is 0.276. The molecule has 0 fully saturated rings. The van der Waals surface area contributed by atoms with Crippen molar-refractivity contribution in [2.75, 3.05) is 11.9 Å². The van der Waals surface area contributed by atoms with E-state index in [0.29, 0.717) is 18.8 Å². The van der Waals surface area contributed by atoms with Gasteiger partial charge in [-0.2, -0.15) is 0 Å². The number of nitrogens with one attached hydrogen (secondary N) is 1. The molecular weight excluding hydrogens is 473 g/mol. The number of rotatable bonds is 4. The molecule has 2 aromatic carbocycles. The quantitative estimate of drug-likeness (QED) is 0.324. The van der Waals surface area contributed by atoms with E-state index in [1.54, 1.807) is 12.1 Å². The van der Waals surface area contributed by atoms with E-state index in [-0.39, 0.29) is 17.9 Å². The van der Waals surface area contributed by atoms with E-state index in [1.165, 1.54) is 46.0 Å². The summed E-state index contributed by atoms with van der Waals surface area (Å²) in [6.07, 6.45) is 6.65. The lowest BCUT2D eigenvalue weighted by Crippen LogP contribution is -2.38. The molecule has 184 valence electrons. The highest BCUT2D eigenvalue weighted by atomic mass is 32.1. The third kappa shape index (κ3) is 4.07. The average molecular weight is 502 g/mol. The van der Waals surface area contributed by atoms with Gasteiger partial charge in [-0.05, 0) is 92.3 Å². The second-order valence-electron chi connectivity index (χ2n) is 9.27. The van der Waals surface area contributed by atoms with Gasteiger partial charge >= 0.3 is 6.03 Å². The van der Waals surface area contributed by atoms with Crippen LogP contribution in [-0.4, -0.2) is 22.1 Å². The van der Waals surface area contributed by atoms with Crippen LogP contribution in [0.5, 0.6) is 5.75 Å². The lowest BCUT2D eigenvalue weighted by molar-refractivity contribution is 0.194. The van der Waals surface area contributed by atoms with Crippen LogP contribution < -0.4 is 10.1 Å². The van der Waals surface area contributed by atoms with Gasteiger partial charge in [-0.15, -0.1) is 11.3 Å². The molecule has 1 N–H and O–H groups in total. The molecular formula is C29H28FN3O2S. The number of aromatic nitrogens is 1. The van der Waals surface area contributed by atoms with Crippen LogP contribution in [0.1, 0.15) is 53.1 Å². The van der Waals surface area contributed by atoms with Crippen molar-refractivity contribution in [3.8, 4) is 10.8 Å². The number of nitrogens with zero attached hydrogens (tertiary/aromatic N) is 2. The van der Waals surface area contributed by atoms with E-state index in [4.69, 9.17) is 4.74 Å². The number of hydrogen-bond acceptors (Lipinski definition) is 3. The highest BCUT2D eigenvalue weighted by Crippen LogP contribution is 2.44. The van der Waals surface area contributed by atoms with E-state index >= 15 is 0 Å². The number of fused-ring (bicyclic) bond motifs is 5. The molecule has 2 aliphatic rings. The number of amides is 2. The topological polar surface area (TPSA) is 46.5 Å². The average Bonchev–Trinajstić information content (AvgIpc) is 3.47. The molecule has 0 spiro atoms. The summed E-state index contributed by atoms with van der Waals surface area (Å²) in [6.45, 7) is 3.04. The molecule has 0 saturated heterocycles. The zero-order chi connectivity index (χ0) is 24.6. The second kappa shape index (κ2) is 9.47. The van der Waals surface area contributed by atoms with Gasteiger partial charge in [0.2, 0.25) is 0 Å². The van der Waals surface area contributed by atoms with Crippen molar-refractivity contribution in [1.82, 2.24) is 9.47 Å².